The van der Waals surface area contributed by atoms with Crippen molar-refractivity contribution in [2.45, 2.75) is 0 Å². The second kappa shape index (κ2) is 3.03. The van der Waals surface area contributed by atoms with Crippen LogP contribution in [0.15, 0.2) is 30.5 Å². The van der Waals surface area contributed by atoms with Crippen molar-refractivity contribution in [1.82, 2.24) is 4.98 Å². The fraction of sp³-hybridized carbons (Fsp3) is 0. The summed E-state index contributed by atoms with van der Waals surface area (Å²) in [6, 6.07) is 6.34. The van der Waals surface area contributed by atoms with Crippen LogP contribution in [0.3, 0.4) is 0 Å². The average molecular weight is 178 g/mol. The summed E-state index contributed by atoms with van der Waals surface area (Å²) in [6.45, 7) is 0. The number of hydrogen-bond donors (Lipinski definition) is 0. The van der Waals surface area contributed by atoms with Gasteiger partial charge < -0.3 is 0 Å². The fourth-order valence-electron chi connectivity index (χ4n) is 0.934. The average Bonchev–Trinajstić information content (AvgIpc) is 2.58. The van der Waals surface area contributed by atoms with Crippen LogP contribution in [-0.2, 0) is 0 Å². The molecule has 12 heavy (non-hydrogen) atoms. The second-order valence-electron chi connectivity index (χ2n) is 2.32. The van der Waals surface area contributed by atoms with Crippen molar-refractivity contribution in [3.8, 4) is 10.4 Å². The lowest BCUT2D eigenvalue weighted by Crippen LogP contribution is -1.73. The van der Waals surface area contributed by atoms with Gasteiger partial charge in [0.15, 0.2) is 5.51 Å². The van der Waals surface area contributed by atoms with Gasteiger partial charge in [0, 0.05) is 6.20 Å². The van der Waals surface area contributed by atoms with Crippen LogP contribution in [0.5, 0.6) is 0 Å². The van der Waals surface area contributed by atoms with Crippen LogP contribution in [0.1, 0.15) is 0 Å². The first-order chi connectivity index (χ1) is 5.86. The summed E-state index contributed by atoms with van der Waals surface area (Å²) in [4.78, 5) is 4.83. The Balaban J connectivity index is 2.43. The normalized spacial score (nSPS) is 10.1. The minimum Gasteiger partial charge on any atom is -0.241 e. The van der Waals surface area contributed by atoms with Crippen molar-refractivity contribution in [3.05, 3.63) is 41.8 Å². The molecular formula is C9H5FNS. The number of hydrogen-bond acceptors (Lipinski definition) is 2. The number of aromatic nitrogens is 1. The van der Waals surface area contributed by atoms with Crippen LogP contribution in [0, 0.1) is 11.3 Å². The molecule has 0 amide bonds. The Morgan fingerprint density at radius 3 is 2.58 bits per heavy atom. The summed E-state index contributed by atoms with van der Waals surface area (Å²) in [5.74, 6) is -0.216. The van der Waals surface area contributed by atoms with Gasteiger partial charge in [0.1, 0.15) is 5.82 Å². The number of rotatable bonds is 1. The summed E-state index contributed by atoms with van der Waals surface area (Å²) in [5.41, 5.74) is 3.72. The molecule has 1 aromatic carbocycles. The van der Waals surface area contributed by atoms with E-state index in [1.165, 1.54) is 23.5 Å². The number of nitrogens with zero attached hydrogens (tertiary/aromatic N) is 1. The zero-order valence-electron chi connectivity index (χ0n) is 6.12. The van der Waals surface area contributed by atoms with Gasteiger partial charge in [-0.1, -0.05) is 12.1 Å². The molecule has 0 bridgehead atoms. The van der Waals surface area contributed by atoms with Crippen LogP contribution < -0.4 is 0 Å². The third-order valence-corrected chi connectivity index (χ3v) is 2.28. The van der Waals surface area contributed by atoms with Gasteiger partial charge >= 0.3 is 0 Å². The van der Waals surface area contributed by atoms with E-state index in [2.05, 4.69) is 10.5 Å². The maximum Gasteiger partial charge on any atom is 0.152 e. The number of benzene rings is 1. The Labute approximate surface area is 73.5 Å². The van der Waals surface area contributed by atoms with Gasteiger partial charge in [0.25, 0.3) is 0 Å². The first-order valence-electron chi connectivity index (χ1n) is 3.44. The van der Waals surface area contributed by atoms with Crippen LogP contribution >= 0.6 is 11.3 Å². The third kappa shape index (κ3) is 1.36. The lowest BCUT2D eigenvalue weighted by molar-refractivity contribution is 0.628. The van der Waals surface area contributed by atoms with Crippen LogP contribution in [0.4, 0.5) is 4.39 Å². The largest absolute Gasteiger partial charge is 0.241 e. The van der Waals surface area contributed by atoms with Crippen molar-refractivity contribution >= 4 is 11.3 Å². The van der Waals surface area contributed by atoms with Crippen molar-refractivity contribution < 1.29 is 4.39 Å². The maximum absolute atomic E-state index is 12.5. The summed E-state index contributed by atoms with van der Waals surface area (Å²) < 4.78 is 12.5. The standard InChI is InChI=1S/C9H5FNS/c10-8-3-1-7(2-4-8)9-5-11-6-12-9/h1-5H. The molecular weight excluding hydrogens is 173 g/mol. The van der Waals surface area contributed by atoms with Gasteiger partial charge in [-0.2, -0.15) is 0 Å². The number of halogens is 1. The molecule has 0 saturated carbocycles. The van der Waals surface area contributed by atoms with Gasteiger partial charge in [0.2, 0.25) is 0 Å². The molecule has 59 valence electrons. The smallest absolute Gasteiger partial charge is 0.152 e. The van der Waals surface area contributed by atoms with Gasteiger partial charge in [0.05, 0.1) is 4.88 Å². The monoisotopic (exact) mass is 178 g/mol. The fourth-order valence-corrected chi connectivity index (χ4v) is 1.50. The highest BCUT2D eigenvalue weighted by atomic mass is 32.1. The zero-order chi connectivity index (χ0) is 8.39. The molecule has 1 aromatic heterocycles. The van der Waals surface area contributed by atoms with E-state index in [4.69, 9.17) is 0 Å². The molecule has 2 rings (SSSR count). The molecule has 0 aliphatic carbocycles. The van der Waals surface area contributed by atoms with Crippen molar-refractivity contribution in [2.24, 2.45) is 0 Å². The van der Waals surface area contributed by atoms with Crippen LogP contribution in [0.25, 0.3) is 10.4 Å². The van der Waals surface area contributed by atoms with Gasteiger partial charge in [-0.15, -0.1) is 11.3 Å². The van der Waals surface area contributed by atoms with Gasteiger partial charge in [-0.25, -0.2) is 9.37 Å². The molecule has 0 unspecified atom stereocenters. The highest BCUT2D eigenvalue weighted by Crippen LogP contribution is 2.22. The molecule has 0 fully saturated rings. The summed E-state index contributed by atoms with van der Waals surface area (Å²) >= 11 is 1.42. The summed E-state index contributed by atoms with van der Waals surface area (Å²) in [5, 5.41) is 0. The zero-order valence-corrected chi connectivity index (χ0v) is 6.94. The Hall–Kier alpha value is -1.22. The first-order valence-corrected chi connectivity index (χ1v) is 4.26. The van der Waals surface area contributed by atoms with Crippen molar-refractivity contribution in [3.63, 3.8) is 0 Å². The molecule has 0 N–H and O–H groups in total. The third-order valence-electron chi connectivity index (χ3n) is 1.52. The van der Waals surface area contributed by atoms with Crippen LogP contribution in [0.2, 0.25) is 0 Å². The van der Waals surface area contributed by atoms with E-state index < -0.39 is 0 Å². The summed E-state index contributed by atoms with van der Waals surface area (Å²) in [7, 11) is 0. The minimum absolute atomic E-state index is 0.216. The Bertz CT molecular complexity index is 353. The lowest BCUT2D eigenvalue weighted by atomic mass is 10.2. The van der Waals surface area contributed by atoms with E-state index in [-0.39, 0.29) is 5.82 Å². The molecule has 1 nitrogen and oxygen atoms in total. The van der Waals surface area contributed by atoms with E-state index in [1.54, 1.807) is 18.3 Å². The Kier molecular flexibility index (Phi) is 1.87. The van der Waals surface area contributed by atoms with Gasteiger partial charge in [-0.05, 0) is 17.7 Å². The molecule has 1 radical (unpaired) electrons. The van der Waals surface area contributed by atoms with E-state index in [1.807, 2.05) is 0 Å². The molecule has 1 heterocycles. The van der Waals surface area contributed by atoms with Crippen molar-refractivity contribution in [1.29, 1.82) is 0 Å². The second-order valence-corrected chi connectivity index (χ2v) is 3.15. The predicted octanol–water partition coefficient (Wildman–Crippen LogP) is 2.75. The van der Waals surface area contributed by atoms with E-state index in [0.29, 0.717) is 0 Å². The van der Waals surface area contributed by atoms with E-state index in [9.17, 15) is 4.39 Å². The quantitative estimate of drug-likeness (QED) is 0.654. The molecule has 0 aliphatic heterocycles. The Morgan fingerprint density at radius 1 is 1.25 bits per heavy atom. The molecule has 0 aliphatic rings. The lowest BCUT2D eigenvalue weighted by Gasteiger charge is -1.94. The van der Waals surface area contributed by atoms with E-state index >= 15 is 0 Å². The van der Waals surface area contributed by atoms with Crippen LogP contribution in [-0.4, -0.2) is 4.98 Å². The minimum atomic E-state index is -0.216. The summed E-state index contributed by atoms with van der Waals surface area (Å²) in [6.07, 6.45) is 1.72. The molecule has 2 aromatic rings. The SMILES string of the molecule is Fc1ccc(-c2cn[c]s2)cc1. The topological polar surface area (TPSA) is 12.9 Å². The molecule has 0 spiro atoms. The molecule has 3 heteroatoms. The highest BCUT2D eigenvalue weighted by Gasteiger charge is 1.98. The number of thiazole rings is 1. The maximum atomic E-state index is 12.5. The molecule has 0 saturated heterocycles. The highest BCUT2D eigenvalue weighted by molar-refractivity contribution is 7.12. The van der Waals surface area contributed by atoms with E-state index in [0.717, 1.165) is 10.4 Å². The first kappa shape index (κ1) is 7.43. The Morgan fingerprint density at radius 2 is 2.00 bits per heavy atom. The predicted molar refractivity (Wildman–Crippen MR) is 46.3 cm³/mol. The van der Waals surface area contributed by atoms with Crippen molar-refractivity contribution in [2.75, 3.05) is 0 Å². The molecule has 0 atom stereocenters. The van der Waals surface area contributed by atoms with Gasteiger partial charge in [-0.3, -0.25) is 0 Å².